The van der Waals surface area contributed by atoms with Crippen molar-refractivity contribution in [2.24, 2.45) is 5.92 Å². The molecular weight excluding hydrogens is 290 g/mol. The fourth-order valence-electron chi connectivity index (χ4n) is 2.46. The first kappa shape index (κ1) is 15.8. The molecule has 3 rings (SSSR count). The van der Waals surface area contributed by atoms with E-state index in [0.717, 1.165) is 24.1 Å². The first-order valence-electron chi connectivity index (χ1n) is 7.01. The summed E-state index contributed by atoms with van der Waals surface area (Å²) in [5, 5.41) is 3.38. The number of hydrogen-bond acceptors (Lipinski definition) is 5. The minimum Gasteiger partial charge on any atom is -0.477 e. The van der Waals surface area contributed by atoms with Crippen LogP contribution in [-0.2, 0) is 0 Å². The van der Waals surface area contributed by atoms with Crippen molar-refractivity contribution in [3.63, 3.8) is 0 Å². The average Bonchev–Trinajstić information content (AvgIpc) is 2.53. The number of aromatic nitrogens is 2. The molecular formula is C15H20ClN3O2. The highest BCUT2D eigenvalue weighted by Crippen LogP contribution is 2.26. The summed E-state index contributed by atoms with van der Waals surface area (Å²) in [6.07, 6.45) is 2.39. The molecule has 1 aliphatic heterocycles. The molecule has 1 aliphatic rings. The monoisotopic (exact) mass is 309 g/mol. The maximum absolute atomic E-state index is 5.84. The number of hydrogen-bond donors (Lipinski definition) is 1. The number of methoxy groups -OCH3 is 1. The number of piperidine rings is 1. The summed E-state index contributed by atoms with van der Waals surface area (Å²) < 4.78 is 11.1. The molecule has 1 unspecified atom stereocenters. The van der Waals surface area contributed by atoms with Gasteiger partial charge in [-0.1, -0.05) is 12.1 Å². The Balaban J connectivity index is 0.00000161. The van der Waals surface area contributed by atoms with E-state index in [9.17, 15) is 0 Å². The van der Waals surface area contributed by atoms with Crippen LogP contribution < -0.4 is 14.8 Å². The van der Waals surface area contributed by atoms with Gasteiger partial charge < -0.3 is 14.8 Å². The van der Waals surface area contributed by atoms with Gasteiger partial charge in [0.15, 0.2) is 0 Å². The molecule has 2 heterocycles. The summed E-state index contributed by atoms with van der Waals surface area (Å²) in [5.74, 6) is 1.46. The molecule has 5 nitrogen and oxygen atoms in total. The van der Waals surface area contributed by atoms with Crippen molar-refractivity contribution >= 4 is 23.4 Å². The van der Waals surface area contributed by atoms with E-state index >= 15 is 0 Å². The summed E-state index contributed by atoms with van der Waals surface area (Å²) in [6, 6.07) is 7.72. The largest absolute Gasteiger partial charge is 0.477 e. The number of rotatable bonds is 4. The third kappa shape index (κ3) is 3.74. The highest BCUT2D eigenvalue weighted by Gasteiger charge is 2.16. The average molecular weight is 310 g/mol. The van der Waals surface area contributed by atoms with Gasteiger partial charge >= 0.3 is 0 Å². The number of halogens is 1. The van der Waals surface area contributed by atoms with Crippen molar-refractivity contribution in [1.29, 1.82) is 0 Å². The first-order valence-corrected chi connectivity index (χ1v) is 7.01. The summed E-state index contributed by atoms with van der Waals surface area (Å²) in [4.78, 5) is 8.93. The van der Waals surface area contributed by atoms with Crippen LogP contribution in [0.3, 0.4) is 0 Å². The van der Waals surface area contributed by atoms with E-state index in [-0.39, 0.29) is 12.4 Å². The number of benzene rings is 1. The van der Waals surface area contributed by atoms with Crippen LogP contribution in [-0.4, -0.2) is 36.8 Å². The van der Waals surface area contributed by atoms with Crippen LogP contribution in [0.4, 0.5) is 0 Å². The maximum Gasteiger partial charge on any atom is 0.278 e. The molecule has 6 heteroatoms. The van der Waals surface area contributed by atoms with E-state index < -0.39 is 0 Å². The molecule has 1 saturated heterocycles. The standard InChI is InChI=1S/C15H19N3O2.ClH/c1-19-14-15(20-10-11-5-4-8-16-9-11)18-13-7-3-2-6-12(13)17-14;/h2-3,6-7,11,16H,4-5,8-10H2,1H3;1H. The third-order valence-electron chi connectivity index (χ3n) is 3.56. The Labute approximate surface area is 130 Å². The normalized spacial score (nSPS) is 18.0. The fraction of sp³-hybridized carbons (Fsp3) is 0.467. The Kier molecular flexibility index (Phi) is 5.59. The van der Waals surface area contributed by atoms with Crippen LogP contribution in [0.25, 0.3) is 11.0 Å². The lowest BCUT2D eigenvalue weighted by Crippen LogP contribution is -2.33. The van der Waals surface area contributed by atoms with Crippen LogP contribution in [0.15, 0.2) is 24.3 Å². The van der Waals surface area contributed by atoms with Crippen LogP contribution in [0, 0.1) is 5.92 Å². The van der Waals surface area contributed by atoms with Crippen LogP contribution in [0.2, 0.25) is 0 Å². The minimum atomic E-state index is 0. The number of nitrogens with zero attached hydrogens (tertiary/aromatic N) is 2. The van der Waals surface area contributed by atoms with Gasteiger partial charge in [-0.2, -0.15) is 0 Å². The summed E-state index contributed by atoms with van der Waals surface area (Å²) in [6.45, 7) is 2.76. The molecule has 1 fully saturated rings. The zero-order valence-corrected chi connectivity index (χ0v) is 12.9. The van der Waals surface area contributed by atoms with E-state index in [1.165, 1.54) is 12.8 Å². The number of fused-ring (bicyclic) bond motifs is 1. The molecule has 0 saturated carbocycles. The molecule has 0 radical (unpaired) electrons. The third-order valence-corrected chi connectivity index (χ3v) is 3.56. The highest BCUT2D eigenvalue weighted by atomic mass is 35.5. The summed E-state index contributed by atoms with van der Waals surface area (Å²) >= 11 is 0. The quantitative estimate of drug-likeness (QED) is 0.940. The summed E-state index contributed by atoms with van der Waals surface area (Å²) in [7, 11) is 1.59. The Bertz CT molecular complexity index is 588. The van der Waals surface area contributed by atoms with E-state index in [1.54, 1.807) is 7.11 Å². The van der Waals surface area contributed by atoms with Crippen LogP contribution >= 0.6 is 12.4 Å². The van der Waals surface area contributed by atoms with E-state index in [1.807, 2.05) is 24.3 Å². The predicted octanol–water partition coefficient (Wildman–Crippen LogP) is 2.44. The molecule has 1 N–H and O–H groups in total. The maximum atomic E-state index is 5.84. The van der Waals surface area contributed by atoms with Gasteiger partial charge in [-0.05, 0) is 31.5 Å². The predicted molar refractivity (Wildman–Crippen MR) is 84.4 cm³/mol. The number of ether oxygens (including phenoxy) is 2. The molecule has 2 aromatic rings. The molecule has 0 amide bonds. The minimum absolute atomic E-state index is 0. The van der Waals surface area contributed by atoms with Crippen LogP contribution in [0.1, 0.15) is 12.8 Å². The van der Waals surface area contributed by atoms with Crippen molar-refractivity contribution in [3.05, 3.63) is 24.3 Å². The molecule has 1 aromatic heterocycles. The molecule has 0 bridgehead atoms. The Morgan fingerprint density at radius 2 is 1.90 bits per heavy atom. The van der Waals surface area contributed by atoms with Crippen molar-refractivity contribution in [1.82, 2.24) is 15.3 Å². The highest BCUT2D eigenvalue weighted by molar-refractivity contribution is 5.85. The molecule has 1 atom stereocenters. The Morgan fingerprint density at radius 3 is 2.52 bits per heavy atom. The van der Waals surface area contributed by atoms with Gasteiger partial charge in [0.25, 0.3) is 11.8 Å². The SMILES string of the molecule is COc1nc2ccccc2nc1OCC1CCCNC1.Cl. The van der Waals surface area contributed by atoms with Gasteiger partial charge in [-0.3, -0.25) is 0 Å². The first-order chi connectivity index (χ1) is 9.86. The van der Waals surface area contributed by atoms with Crippen molar-refractivity contribution in [3.8, 4) is 11.8 Å². The molecule has 1 aromatic carbocycles. The van der Waals surface area contributed by atoms with Crippen molar-refractivity contribution < 1.29 is 9.47 Å². The summed E-state index contributed by atoms with van der Waals surface area (Å²) in [5.41, 5.74) is 1.64. The lowest BCUT2D eigenvalue weighted by Gasteiger charge is -2.22. The van der Waals surface area contributed by atoms with Gasteiger partial charge in [0.2, 0.25) is 0 Å². The topological polar surface area (TPSA) is 56.3 Å². The number of para-hydroxylation sites is 2. The lowest BCUT2D eigenvalue weighted by molar-refractivity contribution is 0.203. The van der Waals surface area contributed by atoms with Crippen LogP contribution in [0.5, 0.6) is 11.8 Å². The zero-order chi connectivity index (χ0) is 13.8. The smallest absolute Gasteiger partial charge is 0.278 e. The van der Waals surface area contributed by atoms with Gasteiger partial charge in [0.1, 0.15) is 0 Å². The second-order valence-electron chi connectivity index (χ2n) is 5.05. The van der Waals surface area contributed by atoms with E-state index in [2.05, 4.69) is 15.3 Å². The zero-order valence-electron chi connectivity index (χ0n) is 12.0. The lowest BCUT2D eigenvalue weighted by atomic mass is 10.0. The van der Waals surface area contributed by atoms with Crippen molar-refractivity contribution in [2.75, 3.05) is 26.8 Å². The fourth-order valence-corrected chi connectivity index (χ4v) is 2.46. The van der Waals surface area contributed by atoms with Crippen molar-refractivity contribution in [2.45, 2.75) is 12.8 Å². The van der Waals surface area contributed by atoms with Gasteiger partial charge in [-0.25, -0.2) is 9.97 Å². The van der Waals surface area contributed by atoms with Gasteiger partial charge in [0.05, 0.1) is 24.8 Å². The second kappa shape index (κ2) is 7.43. The second-order valence-corrected chi connectivity index (χ2v) is 5.05. The van der Waals surface area contributed by atoms with Gasteiger partial charge in [-0.15, -0.1) is 12.4 Å². The molecule has 114 valence electrons. The molecule has 0 aliphatic carbocycles. The Morgan fingerprint density at radius 1 is 1.19 bits per heavy atom. The van der Waals surface area contributed by atoms with E-state index in [4.69, 9.17) is 9.47 Å². The molecule has 0 spiro atoms. The number of nitrogens with one attached hydrogen (secondary N) is 1. The van der Waals surface area contributed by atoms with Gasteiger partial charge in [0, 0.05) is 12.5 Å². The Hall–Kier alpha value is -1.59. The molecule has 21 heavy (non-hydrogen) atoms. The van der Waals surface area contributed by atoms with E-state index in [0.29, 0.717) is 24.3 Å².